The SMILES string of the molecule is CCCCNC(=O)[C@@H](C)N(CCc1ccccc1)C(=O)CN(c1cc(C(F)(F)F)ccc1Cl)S(=O)(=O)c1ccccc1. The minimum atomic E-state index is -4.79. The van der Waals surface area contributed by atoms with Crippen LogP contribution in [0.1, 0.15) is 37.8 Å². The lowest BCUT2D eigenvalue weighted by Gasteiger charge is -2.32. The van der Waals surface area contributed by atoms with E-state index in [9.17, 15) is 31.2 Å². The summed E-state index contributed by atoms with van der Waals surface area (Å²) in [5.74, 6) is -1.21. The maximum Gasteiger partial charge on any atom is 0.416 e. The van der Waals surface area contributed by atoms with Crippen LogP contribution in [0.2, 0.25) is 5.02 Å². The first-order valence-corrected chi connectivity index (χ1v) is 15.2. The molecule has 0 aromatic heterocycles. The molecule has 0 aliphatic heterocycles. The summed E-state index contributed by atoms with van der Waals surface area (Å²) in [5.41, 5.74) is -0.762. The van der Waals surface area contributed by atoms with Crippen molar-refractivity contribution in [2.45, 2.75) is 50.2 Å². The average Bonchev–Trinajstić information content (AvgIpc) is 2.96. The number of alkyl halides is 3. The van der Waals surface area contributed by atoms with Crippen LogP contribution in [-0.4, -0.2) is 50.8 Å². The van der Waals surface area contributed by atoms with E-state index in [1.165, 1.54) is 36.1 Å². The maximum atomic E-state index is 13.9. The Hall–Kier alpha value is -3.57. The molecule has 42 heavy (non-hydrogen) atoms. The molecule has 3 aromatic rings. The summed E-state index contributed by atoms with van der Waals surface area (Å²) in [5, 5.41) is 2.49. The largest absolute Gasteiger partial charge is 0.416 e. The second kappa shape index (κ2) is 14.6. The molecule has 0 aliphatic rings. The van der Waals surface area contributed by atoms with Crippen molar-refractivity contribution >= 4 is 39.1 Å². The molecular formula is C30H33ClF3N3O4S. The molecule has 2 amide bonds. The second-order valence-electron chi connectivity index (χ2n) is 9.63. The van der Waals surface area contributed by atoms with Crippen LogP contribution in [0.3, 0.4) is 0 Å². The summed E-state index contributed by atoms with van der Waals surface area (Å²) in [4.78, 5) is 27.8. The Balaban J connectivity index is 2.04. The van der Waals surface area contributed by atoms with E-state index in [2.05, 4.69) is 5.32 Å². The number of rotatable bonds is 13. The average molecular weight is 624 g/mol. The number of carbonyl (C=O) groups excluding carboxylic acids is 2. The van der Waals surface area contributed by atoms with Crippen LogP contribution < -0.4 is 9.62 Å². The third kappa shape index (κ3) is 8.48. The van der Waals surface area contributed by atoms with Crippen LogP contribution >= 0.6 is 11.6 Å². The van der Waals surface area contributed by atoms with Gasteiger partial charge in [0.1, 0.15) is 12.6 Å². The normalized spacial score (nSPS) is 12.4. The monoisotopic (exact) mass is 623 g/mol. The smallest absolute Gasteiger partial charge is 0.354 e. The third-order valence-electron chi connectivity index (χ3n) is 6.63. The summed E-state index contributed by atoms with van der Waals surface area (Å²) in [6.07, 6.45) is -2.86. The molecule has 1 N–H and O–H groups in total. The van der Waals surface area contributed by atoms with Crippen LogP contribution in [0, 0.1) is 0 Å². The van der Waals surface area contributed by atoms with E-state index in [-0.39, 0.29) is 16.5 Å². The number of nitrogens with zero attached hydrogens (tertiary/aromatic N) is 2. The Morgan fingerprint density at radius 3 is 2.19 bits per heavy atom. The van der Waals surface area contributed by atoms with Gasteiger partial charge in [-0.05, 0) is 55.7 Å². The molecule has 12 heteroatoms. The van der Waals surface area contributed by atoms with Crippen molar-refractivity contribution in [3.05, 3.63) is 95.0 Å². The van der Waals surface area contributed by atoms with Gasteiger partial charge < -0.3 is 10.2 Å². The van der Waals surface area contributed by atoms with Crippen molar-refractivity contribution in [2.24, 2.45) is 0 Å². The molecular weight excluding hydrogens is 591 g/mol. The van der Waals surface area contributed by atoms with Gasteiger partial charge in [-0.25, -0.2) is 8.42 Å². The first-order valence-electron chi connectivity index (χ1n) is 13.4. The molecule has 0 unspecified atom stereocenters. The number of nitrogens with one attached hydrogen (secondary N) is 1. The Labute approximate surface area is 249 Å². The van der Waals surface area contributed by atoms with Gasteiger partial charge in [0.2, 0.25) is 11.8 Å². The van der Waals surface area contributed by atoms with Crippen LogP contribution in [0.15, 0.2) is 83.8 Å². The fraction of sp³-hybridized carbons (Fsp3) is 0.333. The Kier molecular flexibility index (Phi) is 11.4. The number of benzene rings is 3. The zero-order valence-electron chi connectivity index (χ0n) is 23.3. The van der Waals surface area contributed by atoms with E-state index >= 15 is 0 Å². The van der Waals surface area contributed by atoms with E-state index in [4.69, 9.17) is 11.6 Å². The molecule has 1 atom stereocenters. The standard InChI is InChI=1S/C30H33ClF3N3O4S/c1-3-4-18-35-29(39)22(2)36(19-17-23-11-7-5-8-12-23)28(38)21-37(42(40,41)25-13-9-6-10-14-25)27-20-24(30(32,33)34)15-16-26(27)31/h5-16,20,22H,3-4,17-19,21H2,1-2H3,(H,35,39)/t22-/m1/s1. The van der Waals surface area contributed by atoms with Crippen molar-refractivity contribution in [1.29, 1.82) is 0 Å². The molecule has 0 saturated carbocycles. The summed E-state index contributed by atoms with van der Waals surface area (Å²) in [6.45, 7) is 3.05. The van der Waals surface area contributed by atoms with Crippen LogP contribution in [-0.2, 0) is 32.2 Å². The summed E-state index contributed by atoms with van der Waals surface area (Å²) < 4.78 is 69.0. The molecule has 0 radical (unpaired) electrons. The molecule has 3 aromatic carbocycles. The zero-order valence-corrected chi connectivity index (χ0v) is 24.8. The van der Waals surface area contributed by atoms with E-state index < -0.39 is 51.9 Å². The number of sulfonamides is 1. The van der Waals surface area contributed by atoms with Gasteiger partial charge in [0.25, 0.3) is 10.0 Å². The van der Waals surface area contributed by atoms with Gasteiger partial charge in [0.15, 0.2) is 0 Å². The summed E-state index contributed by atoms with van der Waals surface area (Å²) >= 11 is 6.26. The Bertz CT molecular complexity index is 1460. The van der Waals surface area contributed by atoms with Crippen molar-refractivity contribution in [1.82, 2.24) is 10.2 Å². The van der Waals surface area contributed by atoms with E-state index in [0.29, 0.717) is 23.3 Å². The predicted molar refractivity (Wildman–Crippen MR) is 157 cm³/mol. The predicted octanol–water partition coefficient (Wildman–Crippen LogP) is 5.93. The molecule has 0 heterocycles. The van der Waals surface area contributed by atoms with Gasteiger partial charge in [-0.15, -0.1) is 0 Å². The number of hydrogen-bond donors (Lipinski definition) is 1. The number of carbonyl (C=O) groups is 2. The fourth-order valence-electron chi connectivity index (χ4n) is 4.22. The summed E-state index contributed by atoms with van der Waals surface area (Å²) in [7, 11) is -4.56. The van der Waals surface area contributed by atoms with Gasteiger partial charge in [0.05, 0.1) is 21.2 Å². The first kappa shape index (κ1) is 32.9. The highest BCUT2D eigenvalue weighted by molar-refractivity contribution is 7.92. The van der Waals surface area contributed by atoms with Gasteiger partial charge in [0, 0.05) is 13.1 Å². The zero-order chi connectivity index (χ0) is 30.9. The Morgan fingerprint density at radius 2 is 1.60 bits per heavy atom. The minimum absolute atomic E-state index is 0.0563. The van der Waals surface area contributed by atoms with Crippen molar-refractivity contribution < 1.29 is 31.2 Å². The van der Waals surface area contributed by atoms with Crippen molar-refractivity contribution in [2.75, 3.05) is 23.9 Å². The molecule has 7 nitrogen and oxygen atoms in total. The number of amides is 2. The van der Waals surface area contributed by atoms with Crippen molar-refractivity contribution in [3.63, 3.8) is 0 Å². The van der Waals surface area contributed by atoms with Gasteiger partial charge in [-0.3, -0.25) is 13.9 Å². The third-order valence-corrected chi connectivity index (χ3v) is 8.73. The molecule has 0 bridgehead atoms. The highest BCUT2D eigenvalue weighted by atomic mass is 35.5. The lowest BCUT2D eigenvalue weighted by Crippen LogP contribution is -2.52. The molecule has 226 valence electrons. The fourth-order valence-corrected chi connectivity index (χ4v) is 5.93. The highest BCUT2D eigenvalue weighted by Gasteiger charge is 2.36. The topological polar surface area (TPSA) is 86.8 Å². The minimum Gasteiger partial charge on any atom is -0.354 e. The van der Waals surface area contributed by atoms with Gasteiger partial charge in [-0.2, -0.15) is 13.2 Å². The van der Waals surface area contributed by atoms with Crippen LogP contribution in [0.5, 0.6) is 0 Å². The quantitative estimate of drug-likeness (QED) is 0.239. The highest BCUT2D eigenvalue weighted by Crippen LogP contribution is 2.37. The van der Waals surface area contributed by atoms with Crippen molar-refractivity contribution in [3.8, 4) is 0 Å². The molecule has 0 aliphatic carbocycles. The number of unbranched alkanes of at least 4 members (excludes halogenated alkanes) is 1. The number of halogens is 4. The van der Waals surface area contributed by atoms with Gasteiger partial charge in [-0.1, -0.05) is 73.5 Å². The van der Waals surface area contributed by atoms with Gasteiger partial charge >= 0.3 is 6.18 Å². The lowest BCUT2D eigenvalue weighted by molar-refractivity contribution is -0.138. The second-order valence-corrected chi connectivity index (χ2v) is 11.9. The lowest BCUT2D eigenvalue weighted by atomic mass is 10.1. The number of hydrogen-bond acceptors (Lipinski definition) is 4. The van der Waals surface area contributed by atoms with Crippen LogP contribution in [0.4, 0.5) is 18.9 Å². The van der Waals surface area contributed by atoms with E-state index in [1.807, 2.05) is 37.3 Å². The molecule has 0 fully saturated rings. The van der Waals surface area contributed by atoms with Crippen LogP contribution in [0.25, 0.3) is 0 Å². The molecule has 0 saturated heterocycles. The first-order chi connectivity index (χ1) is 19.9. The van der Waals surface area contributed by atoms with E-state index in [0.717, 1.165) is 30.5 Å². The number of anilines is 1. The summed E-state index contributed by atoms with van der Waals surface area (Å²) in [6, 6.07) is 17.5. The molecule has 0 spiro atoms. The maximum absolute atomic E-state index is 13.9. The Morgan fingerprint density at radius 1 is 0.976 bits per heavy atom. The molecule has 3 rings (SSSR count). The van der Waals surface area contributed by atoms with E-state index in [1.54, 1.807) is 6.07 Å².